The SMILES string of the molecule is O=C(CN1CCN(Cc2ccc(F)cc2)CC1)Nc1ccc(F)cc1F. The van der Waals surface area contributed by atoms with Crippen molar-refractivity contribution in [3.63, 3.8) is 0 Å². The fraction of sp³-hybridized carbons (Fsp3) is 0.316. The minimum absolute atomic E-state index is 0.0219. The van der Waals surface area contributed by atoms with E-state index in [2.05, 4.69) is 10.2 Å². The van der Waals surface area contributed by atoms with Gasteiger partial charge in [-0.1, -0.05) is 12.1 Å². The van der Waals surface area contributed by atoms with E-state index in [9.17, 15) is 18.0 Å². The molecule has 0 unspecified atom stereocenters. The maximum Gasteiger partial charge on any atom is 0.238 e. The van der Waals surface area contributed by atoms with E-state index < -0.39 is 11.6 Å². The van der Waals surface area contributed by atoms with Gasteiger partial charge in [-0.05, 0) is 29.8 Å². The van der Waals surface area contributed by atoms with Crippen molar-refractivity contribution in [2.75, 3.05) is 38.0 Å². The van der Waals surface area contributed by atoms with Crippen LogP contribution in [0.2, 0.25) is 0 Å². The van der Waals surface area contributed by atoms with Crippen molar-refractivity contribution < 1.29 is 18.0 Å². The van der Waals surface area contributed by atoms with Crippen LogP contribution in [0, 0.1) is 17.5 Å². The number of carbonyl (C=O) groups excluding carboxylic acids is 1. The molecule has 0 bridgehead atoms. The molecule has 0 atom stereocenters. The molecule has 0 aliphatic carbocycles. The minimum atomic E-state index is -0.789. The van der Waals surface area contributed by atoms with Gasteiger partial charge >= 0.3 is 0 Å². The zero-order valence-electron chi connectivity index (χ0n) is 14.2. The summed E-state index contributed by atoms with van der Waals surface area (Å²) < 4.78 is 39.4. The molecule has 7 heteroatoms. The molecule has 0 aromatic heterocycles. The summed E-state index contributed by atoms with van der Waals surface area (Å²) in [5.74, 6) is -2.05. The Morgan fingerprint density at radius 1 is 0.885 bits per heavy atom. The Hall–Kier alpha value is -2.38. The lowest BCUT2D eigenvalue weighted by Crippen LogP contribution is -2.48. The van der Waals surface area contributed by atoms with Gasteiger partial charge < -0.3 is 5.32 Å². The highest BCUT2D eigenvalue weighted by atomic mass is 19.1. The molecule has 1 N–H and O–H groups in total. The number of amides is 1. The molecule has 1 aliphatic heterocycles. The first-order valence-corrected chi connectivity index (χ1v) is 8.43. The number of halogens is 3. The molecule has 26 heavy (non-hydrogen) atoms. The lowest BCUT2D eigenvalue weighted by Gasteiger charge is -2.34. The molecule has 1 fully saturated rings. The number of anilines is 1. The van der Waals surface area contributed by atoms with Gasteiger partial charge in [-0.3, -0.25) is 14.6 Å². The summed E-state index contributed by atoms with van der Waals surface area (Å²) in [6.07, 6.45) is 0. The van der Waals surface area contributed by atoms with Gasteiger partial charge in [0.2, 0.25) is 5.91 Å². The second kappa shape index (κ2) is 8.33. The Kier molecular flexibility index (Phi) is 5.90. The van der Waals surface area contributed by atoms with E-state index in [-0.39, 0.29) is 24.0 Å². The lowest BCUT2D eigenvalue weighted by atomic mass is 10.2. The van der Waals surface area contributed by atoms with Gasteiger partial charge in [-0.15, -0.1) is 0 Å². The molecule has 1 amide bonds. The molecule has 0 radical (unpaired) electrons. The molecule has 4 nitrogen and oxygen atoms in total. The van der Waals surface area contributed by atoms with E-state index in [4.69, 9.17) is 0 Å². The fourth-order valence-electron chi connectivity index (χ4n) is 2.94. The molecule has 2 aromatic rings. The average Bonchev–Trinajstić information content (AvgIpc) is 2.61. The van der Waals surface area contributed by atoms with Gasteiger partial charge in [-0.2, -0.15) is 0 Å². The number of hydrogen-bond acceptors (Lipinski definition) is 3. The number of hydrogen-bond donors (Lipinski definition) is 1. The Labute approximate surface area is 150 Å². The predicted molar refractivity (Wildman–Crippen MR) is 93.1 cm³/mol. The average molecular weight is 363 g/mol. The highest BCUT2D eigenvalue weighted by molar-refractivity contribution is 5.92. The molecule has 2 aromatic carbocycles. The van der Waals surface area contributed by atoms with E-state index in [1.807, 2.05) is 4.90 Å². The third-order valence-electron chi connectivity index (χ3n) is 4.36. The Morgan fingerprint density at radius 3 is 2.15 bits per heavy atom. The first-order chi connectivity index (χ1) is 12.5. The largest absolute Gasteiger partial charge is 0.322 e. The lowest BCUT2D eigenvalue weighted by molar-refractivity contribution is -0.117. The number of rotatable bonds is 5. The van der Waals surface area contributed by atoms with Crippen LogP contribution in [0.5, 0.6) is 0 Å². The van der Waals surface area contributed by atoms with Gasteiger partial charge in [0.25, 0.3) is 0 Å². The number of piperazine rings is 1. The number of nitrogens with one attached hydrogen (secondary N) is 1. The van der Waals surface area contributed by atoms with E-state index in [0.717, 1.165) is 37.3 Å². The van der Waals surface area contributed by atoms with Crippen molar-refractivity contribution >= 4 is 11.6 Å². The quantitative estimate of drug-likeness (QED) is 0.887. The van der Waals surface area contributed by atoms with Crippen molar-refractivity contribution in [1.82, 2.24) is 9.80 Å². The molecule has 0 spiro atoms. The first kappa shape index (κ1) is 18.4. The summed E-state index contributed by atoms with van der Waals surface area (Å²) >= 11 is 0. The van der Waals surface area contributed by atoms with Gasteiger partial charge in [0, 0.05) is 38.8 Å². The highest BCUT2D eigenvalue weighted by Crippen LogP contribution is 2.15. The molecule has 1 aliphatic rings. The summed E-state index contributed by atoms with van der Waals surface area (Å²) in [5, 5.41) is 2.47. The summed E-state index contributed by atoms with van der Waals surface area (Å²) in [4.78, 5) is 16.3. The van der Waals surface area contributed by atoms with Crippen molar-refractivity contribution in [2.24, 2.45) is 0 Å². The van der Waals surface area contributed by atoms with Crippen LogP contribution in [0.4, 0.5) is 18.9 Å². The van der Waals surface area contributed by atoms with Gasteiger partial charge in [-0.25, -0.2) is 13.2 Å². The fourth-order valence-corrected chi connectivity index (χ4v) is 2.94. The van der Waals surface area contributed by atoms with E-state index >= 15 is 0 Å². The van der Waals surface area contributed by atoms with Crippen LogP contribution in [-0.2, 0) is 11.3 Å². The molecule has 1 saturated heterocycles. The van der Waals surface area contributed by atoms with Crippen LogP contribution < -0.4 is 5.32 Å². The predicted octanol–water partition coefficient (Wildman–Crippen LogP) is 2.86. The topological polar surface area (TPSA) is 35.6 Å². The summed E-state index contributed by atoms with van der Waals surface area (Å²) in [7, 11) is 0. The zero-order chi connectivity index (χ0) is 18.5. The van der Waals surface area contributed by atoms with Crippen LogP contribution in [0.1, 0.15) is 5.56 Å². The molecule has 138 valence electrons. The normalized spacial score (nSPS) is 15.8. The molecule has 1 heterocycles. The molecule has 0 saturated carbocycles. The third-order valence-corrected chi connectivity index (χ3v) is 4.36. The van der Waals surface area contributed by atoms with E-state index in [1.165, 1.54) is 18.2 Å². The van der Waals surface area contributed by atoms with Crippen LogP contribution in [-0.4, -0.2) is 48.4 Å². The van der Waals surface area contributed by atoms with Crippen molar-refractivity contribution in [1.29, 1.82) is 0 Å². The number of benzene rings is 2. The Balaban J connectivity index is 1.44. The second-order valence-corrected chi connectivity index (χ2v) is 6.35. The standard InChI is InChI=1S/C19H20F3N3O/c20-15-3-1-14(2-4-15)12-24-7-9-25(10-8-24)13-19(26)23-18-6-5-16(21)11-17(18)22/h1-6,11H,7-10,12-13H2,(H,23,26). The van der Waals surface area contributed by atoms with Crippen molar-refractivity contribution in [2.45, 2.75) is 6.54 Å². The number of nitrogens with zero attached hydrogens (tertiary/aromatic N) is 2. The van der Waals surface area contributed by atoms with Gasteiger partial charge in [0.1, 0.15) is 17.5 Å². The monoisotopic (exact) mass is 363 g/mol. The van der Waals surface area contributed by atoms with Crippen LogP contribution in [0.25, 0.3) is 0 Å². The van der Waals surface area contributed by atoms with Gasteiger partial charge in [0.15, 0.2) is 0 Å². The molecular weight excluding hydrogens is 343 g/mol. The van der Waals surface area contributed by atoms with Gasteiger partial charge in [0.05, 0.1) is 12.2 Å². The van der Waals surface area contributed by atoms with Crippen molar-refractivity contribution in [3.8, 4) is 0 Å². The molecular formula is C19H20F3N3O. The maximum absolute atomic E-state index is 13.6. The van der Waals surface area contributed by atoms with Crippen LogP contribution in [0.15, 0.2) is 42.5 Å². The summed E-state index contributed by atoms with van der Waals surface area (Å²) in [6, 6.07) is 9.49. The van der Waals surface area contributed by atoms with Crippen LogP contribution in [0.3, 0.4) is 0 Å². The summed E-state index contributed by atoms with van der Waals surface area (Å²) in [5.41, 5.74) is 1.02. The maximum atomic E-state index is 13.6. The Morgan fingerprint density at radius 2 is 1.50 bits per heavy atom. The minimum Gasteiger partial charge on any atom is -0.322 e. The van der Waals surface area contributed by atoms with E-state index in [1.54, 1.807) is 12.1 Å². The molecule has 3 rings (SSSR count). The highest BCUT2D eigenvalue weighted by Gasteiger charge is 2.19. The van der Waals surface area contributed by atoms with Crippen LogP contribution >= 0.6 is 0 Å². The summed E-state index contributed by atoms with van der Waals surface area (Å²) in [6.45, 7) is 3.88. The Bertz CT molecular complexity index is 759. The third kappa shape index (κ3) is 5.06. The van der Waals surface area contributed by atoms with E-state index in [0.29, 0.717) is 13.1 Å². The smallest absolute Gasteiger partial charge is 0.238 e. The number of carbonyl (C=O) groups is 1. The van der Waals surface area contributed by atoms with Crippen molar-refractivity contribution in [3.05, 3.63) is 65.5 Å². The zero-order valence-corrected chi connectivity index (χ0v) is 14.2. The second-order valence-electron chi connectivity index (χ2n) is 6.35. The first-order valence-electron chi connectivity index (χ1n) is 8.43.